The topological polar surface area (TPSA) is 49.4 Å². The number of likely N-dealkylation sites (tertiary alicyclic amines) is 1. The van der Waals surface area contributed by atoms with E-state index in [9.17, 15) is 12.8 Å². The summed E-state index contributed by atoms with van der Waals surface area (Å²) in [5, 5.41) is -0.105. The highest BCUT2D eigenvalue weighted by Crippen LogP contribution is 2.24. The fourth-order valence-electron chi connectivity index (χ4n) is 2.32. The lowest BCUT2D eigenvalue weighted by Crippen LogP contribution is -2.39. The second-order valence-electron chi connectivity index (χ2n) is 5.00. The van der Waals surface area contributed by atoms with Gasteiger partial charge in [0.15, 0.2) is 0 Å². The van der Waals surface area contributed by atoms with Crippen LogP contribution in [0.3, 0.4) is 0 Å². The lowest BCUT2D eigenvalue weighted by atomic mass is 10.1. The molecular weight excluding hydrogens is 291 g/mol. The zero-order chi connectivity index (χ0) is 14.2. The summed E-state index contributed by atoms with van der Waals surface area (Å²) in [6.45, 7) is 3.48. The normalized spacial score (nSPS) is 24.8. The molecule has 1 N–H and O–H groups in total. The van der Waals surface area contributed by atoms with Crippen LogP contribution >= 0.6 is 11.6 Å². The van der Waals surface area contributed by atoms with E-state index in [-0.39, 0.29) is 21.9 Å². The highest BCUT2D eigenvalue weighted by Gasteiger charge is 2.32. The quantitative estimate of drug-likeness (QED) is 0.925. The summed E-state index contributed by atoms with van der Waals surface area (Å²) in [4.78, 5) is 1.97. The van der Waals surface area contributed by atoms with Crippen molar-refractivity contribution in [2.45, 2.75) is 17.9 Å². The first-order valence-corrected chi connectivity index (χ1v) is 7.81. The fraction of sp³-hybridized carbons (Fsp3) is 0.500. The Bertz CT molecular complexity index is 579. The Labute approximate surface area is 117 Å². The van der Waals surface area contributed by atoms with Crippen LogP contribution in [0.15, 0.2) is 23.1 Å². The molecule has 4 nitrogen and oxygen atoms in total. The molecule has 0 aromatic heterocycles. The van der Waals surface area contributed by atoms with Crippen molar-refractivity contribution < 1.29 is 12.8 Å². The average Bonchev–Trinajstić information content (AvgIpc) is 2.55. The van der Waals surface area contributed by atoms with Crippen molar-refractivity contribution in [3.05, 3.63) is 29.0 Å². The Kier molecular flexibility index (Phi) is 4.15. The minimum Gasteiger partial charge on any atom is -0.304 e. The molecule has 2 rings (SSSR count). The molecule has 1 aromatic rings. The van der Waals surface area contributed by atoms with E-state index in [1.165, 1.54) is 6.07 Å². The summed E-state index contributed by atoms with van der Waals surface area (Å²) in [5.41, 5.74) is 0. The summed E-state index contributed by atoms with van der Waals surface area (Å²) >= 11 is 5.79. The van der Waals surface area contributed by atoms with Gasteiger partial charge in [-0.15, -0.1) is 0 Å². The molecule has 19 heavy (non-hydrogen) atoms. The van der Waals surface area contributed by atoms with E-state index < -0.39 is 15.8 Å². The van der Waals surface area contributed by atoms with Crippen molar-refractivity contribution in [1.82, 2.24) is 9.62 Å². The molecule has 1 saturated heterocycles. The minimum absolute atomic E-state index is 0.0858. The molecular formula is C12H16ClFN2O2S. The zero-order valence-electron chi connectivity index (χ0n) is 10.7. The maximum atomic E-state index is 12.9. The van der Waals surface area contributed by atoms with Gasteiger partial charge in [-0.1, -0.05) is 18.5 Å². The third-order valence-electron chi connectivity index (χ3n) is 3.28. The number of likely N-dealkylation sites (N-methyl/N-ethyl adjacent to an activating group) is 1. The van der Waals surface area contributed by atoms with E-state index in [0.29, 0.717) is 6.54 Å². The van der Waals surface area contributed by atoms with Crippen molar-refractivity contribution in [1.29, 1.82) is 0 Å². The summed E-state index contributed by atoms with van der Waals surface area (Å²) in [5.74, 6) is -0.336. The van der Waals surface area contributed by atoms with Crippen molar-refractivity contribution in [3.8, 4) is 0 Å². The van der Waals surface area contributed by atoms with Crippen LogP contribution in [0.25, 0.3) is 0 Å². The number of rotatable bonds is 3. The second kappa shape index (κ2) is 5.36. The summed E-state index contributed by atoms with van der Waals surface area (Å²) in [7, 11) is -1.78. The minimum atomic E-state index is -3.72. The Hall–Kier alpha value is -0.690. The van der Waals surface area contributed by atoms with Gasteiger partial charge < -0.3 is 4.90 Å². The van der Waals surface area contributed by atoms with Gasteiger partial charge in [-0.05, 0) is 31.2 Å². The van der Waals surface area contributed by atoms with Crippen LogP contribution in [0.5, 0.6) is 0 Å². The smallest absolute Gasteiger partial charge is 0.242 e. The van der Waals surface area contributed by atoms with Crippen molar-refractivity contribution in [2.75, 3.05) is 20.1 Å². The van der Waals surface area contributed by atoms with E-state index >= 15 is 0 Å². The standard InChI is InChI=1S/C12H16ClFN2O2S/c1-8-6-16(2)7-11(8)15-19(17,18)12-4-3-9(14)5-10(12)13/h3-5,8,11,15H,6-7H2,1-2H3/t8-,11-/m0/s1. The number of benzene rings is 1. The highest BCUT2D eigenvalue weighted by molar-refractivity contribution is 7.89. The van der Waals surface area contributed by atoms with Crippen LogP contribution in [0.4, 0.5) is 4.39 Å². The fourth-order valence-corrected chi connectivity index (χ4v) is 4.19. The maximum Gasteiger partial charge on any atom is 0.242 e. The van der Waals surface area contributed by atoms with Crippen molar-refractivity contribution in [3.63, 3.8) is 0 Å². The molecule has 0 amide bonds. The molecule has 1 heterocycles. The number of halogens is 2. The van der Waals surface area contributed by atoms with E-state index in [1.54, 1.807) is 0 Å². The Morgan fingerprint density at radius 3 is 2.63 bits per heavy atom. The Morgan fingerprint density at radius 1 is 1.42 bits per heavy atom. The van der Waals surface area contributed by atoms with Gasteiger partial charge in [-0.25, -0.2) is 17.5 Å². The third-order valence-corrected chi connectivity index (χ3v) is 5.26. The van der Waals surface area contributed by atoms with E-state index in [1.807, 2.05) is 14.0 Å². The molecule has 0 aliphatic carbocycles. The van der Waals surface area contributed by atoms with Gasteiger partial charge in [0.1, 0.15) is 10.7 Å². The summed E-state index contributed by atoms with van der Waals surface area (Å²) < 4.78 is 40.1. The second-order valence-corrected chi connectivity index (χ2v) is 7.09. The Morgan fingerprint density at radius 2 is 2.11 bits per heavy atom. The molecule has 2 atom stereocenters. The van der Waals surface area contributed by atoms with Crippen LogP contribution in [0.1, 0.15) is 6.92 Å². The lowest BCUT2D eigenvalue weighted by Gasteiger charge is -2.17. The molecule has 1 aliphatic heterocycles. The molecule has 0 radical (unpaired) electrons. The first kappa shape index (κ1) is 14.7. The molecule has 0 unspecified atom stereocenters. The molecule has 7 heteroatoms. The van der Waals surface area contributed by atoms with Crippen LogP contribution in [-0.4, -0.2) is 39.5 Å². The molecule has 0 bridgehead atoms. The van der Waals surface area contributed by atoms with Crippen LogP contribution in [-0.2, 0) is 10.0 Å². The predicted octanol–water partition coefficient (Wildman–Crippen LogP) is 1.71. The highest BCUT2D eigenvalue weighted by atomic mass is 35.5. The molecule has 1 aliphatic rings. The van der Waals surface area contributed by atoms with Gasteiger partial charge in [0.05, 0.1) is 5.02 Å². The van der Waals surface area contributed by atoms with Gasteiger partial charge in [0.2, 0.25) is 10.0 Å². The number of hydrogen-bond acceptors (Lipinski definition) is 3. The van der Waals surface area contributed by atoms with Gasteiger partial charge in [0, 0.05) is 19.1 Å². The zero-order valence-corrected chi connectivity index (χ0v) is 12.3. The largest absolute Gasteiger partial charge is 0.304 e. The van der Waals surface area contributed by atoms with E-state index in [0.717, 1.165) is 18.7 Å². The number of nitrogens with one attached hydrogen (secondary N) is 1. The summed E-state index contributed by atoms with van der Waals surface area (Å²) in [6, 6.07) is 3.12. The van der Waals surface area contributed by atoms with Gasteiger partial charge in [-0.2, -0.15) is 0 Å². The van der Waals surface area contributed by atoms with Crippen molar-refractivity contribution in [2.24, 2.45) is 5.92 Å². The van der Waals surface area contributed by atoms with Crippen molar-refractivity contribution >= 4 is 21.6 Å². The predicted molar refractivity (Wildman–Crippen MR) is 72.2 cm³/mol. The van der Waals surface area contributed by atoms with Gasteiger partial charge in [-0.3, -0.25) is 0 Å². The van der Waals surface area contributed by atoms with E-state index in [4.69, 9.17) is 11.6 Å². The lowest BCUT2D eigenvalue weighted by molar-refractivity contribution is 0.400. The molecule has 0 saturated carbocycles. The van der Waals surface area contributed by atoms with Crippen LogP contribution in [0, 0.1) is 11.7 Å². The van der Waals surface area contributed by atoms with Gasteiger partial charge >= 0.3 is 0 Å². The number of sulfonamides is 1. The molecule has 1 fully saturated rings. The summed E-state index contributed by atoms with van der Waals surface area (Å²) in [6.07, 6.45) is 0. The molecule has 0 spiro atoms. The number of hydrogen-bond donors (Lipinski definition) is 1. The van der Waals surface area contributed by atoms with Gasteiger partial charge in [0.25, 0.3) is 0 Å². The maximum absolute atomic E-state index is 12.9. The molecule has 1 aromatic carbocycles. The van der Waals surface area contributed by atoms with Crippen LogP contribution < -0.4 is 4.72 Å². The number of nitrogens with zero attached hydrogens (tertiary/aromatic N) is 1. The first-order valence-electron chi connectivity index (χ1n) is 5.95. The van der Waals surface area contributed by atoms with E-state index in [2.05, 4.69) is 9.62 Å². The average molecular weight is 307 g/mol. The Balaban J connectivity index is 2.23. The monoisotopic (exact) mass is 306 g/mol. The third kappa shape index (κ3) is 3.25. The molecule has 106 valence electrons. The SMILES string of the molecule is C[C@H]1CN(C)C[C@@H]1NS(=O)(=O)c1ccc(F)cc1Cl. The first-order chi connectivity index (χ1) is 8.79. The van der Waals surface area contributed by atoms with Crippen LogP contribution in [0.2, 0.25) is 5.02 Å².